The normalized spacial score (nSPS) is 38.5. The van der Waals surface area contributed by atoms with Gasteiger partial charge in [-0.15, -0.1) is 11.6 Å². The number of hydrogen-bond acceptors (Lipinski definition) is 4. The van der Waals surface area contributed by atoms with Crippen LogP contribution in [0.3, 0.4) is 0 Å². The smallest absolute Gasteiger partial charge is 0.229 e. The van der Waals surface area contributed by atoms with Crippen LogP contribution in [-0.2, 0) is 4.79 Å². The molecule has 3 saturated carbocycles. The monoisotopic (exact) mass is 441 g/mol. The summed E-state index contributed by atoms with van der Waals surface area (Å²) in [6.07, 6.45) is 11.5. The summed E-state index contributed by atoms with van der Waals surface area (Å²) in [4.78, 5) is 17.6. The lowest BCUT2D eigenvalue weighted by molar-refractivity contribution is -0.125. The van der Waals surface area contributed by atoms with E-state index in [2.05, 4.69) is 21.5 Å². The van der Waals surface area contributed by atoms with E-state index in [9.17, 15) is 9.18 Å². The maximum absolute atomic E-state index is 13.8. The SMILES string of the molecule is O=C(N/C(=N\C1CC(C2CCC(Cl)CC2)NN1)NC1CCCC1)C1CCCC(F)C1. The maximum Gasteiger partial charge on any atom is 0.229 e. The fourth-order valence-corrected chi connectivity index (χ4v) is 5.80. The van der Waals surface area contributed by atoms with Gasteiger partial charge in [0, 0.05) is 29.8 Å². The third-order valence-electron chi connectivity index (χ3n) is 7.39. The molecule has 4 aliphatic rings. The number of hydrogen-bond donors (Lipinski definition) is 4. The number of aliphatic imine (C=N–C) groups is 1. The molecule has 30 heavy (non-hydrogen) atoms. The fourth-order valence-electron chi connectivity index (χ4n) is 5.55. The molecule has 1 amide bonds. The summed E-state index contributed by atoms with van der Waals surface area (Å²) >= 11 is 6.26. The largest absolute Gasteiger partial charge is 0.353 e. The first-order valence-corrected chi connectivity index (χ1v) is 12.4. The van der Waals surface area contributed by atoms with E-state index in [0.29, 0.717) is 42.2 Å². The van der Waals surface area contributed by atoms with E-state index in [4.69, 9.17) is 16.6 Å². The first-order valence-electron chi connectivity index (χ1n) is 12.0. The van der Waals surface area contributed by atoms with Crippen LogP contribution in [0.15, 0.2) is 4.99 Å². The lowest BCUT2D eigenvalue weighted by atomic mass is 9.83. The molecule has 170 valence electrons. The second-order valence-electron chi connectivity index (χ2n) is 9.71. The highest BCUT2D eigenvalue weighted by Crippen LogP contribution is 2.32. The molecule has 3 aliphatic carbocycles. The highest BCUT2D eigenvalue weighted by atomic mass is 35.5. The molecule has 4 rings (SSSR count). The van der Waals surface area contributed by atoms with E-state index in [1.54, 1.807) is 0 Å². The molecular weight excluding hydrogens is 405 g/mol. The van der Waals surface area contributed by atoms with E-state index in [0.717, 1.165) is 57.8 Å². The Kier molecular flexibility index (Phi) is 7.87. The average molecular weight is 442 g/mol. The summed E-state index contributed by atoms with van der Waals surface area (Å²) in [6, 6.07) is 0.741. The number of amides is 1. The Hall–Kier alpha value is -0.920. The van der Waals surface area contributed by atoms with E-state index < -0.39 is 6.17 Å². The number of alkyl halides is 2. The number of carbonyl (C=O) groups is 1. The Labute approximate surface area is 184 Å². The molecule has 0 spiro atoms. The quantitative estimate of drug-likeness (QED) is 0.306. The van der Waals surface area contributed by atoms with Crippen LogP contribution in [0, 0.1) is 11.8 Å². The third-order valence-corrected chi connectivity index (χ3v) is 7.82. The molecule has 0 aromatic carbocycles. The minimum Gasteiger partial charge on any atom is -0.353 e. The van der Waals surface area contributed by atoms with Crippen LogP contribution < -0.4 is 21.5 Å². The van der Waals surface area contributed by atoms with Gasteiger partial charge in [-0.3, -0.25) is 15.5 Å². The molecule has 4 atom stereocenters. The minimum absolute atomic E-state index is 0.0757. The van der Waals surface area contributed by atoms with E-state index in [1.165, 1.54) is 12.8 Å². The third kappa shape index (κ3) is 6.07. The molecule has 4 N–H and O–H groups in total. The van der Waals surface area contributed by atoms with Gasteiger partial charge in [-0.25, -0.2) is 14.8 Å². The highest BCUT2D eigenvalue weighted by Gasteiger charge is 2.33. The predicted octanol–water partition coefficient (Wildman–Crippen LogP) is 3.51. The van der Waals surface area contributed by atoms with E-state index >= 15 is 0 Å². The van der Waals surface area contributed by atoms with E-state index in [1.807, 2.05) is 0 Å². The Morgan fingerprint density at radius 3 is 2.43 bits per heavy atom. The van der Waals surface area contributed by atoms with Crippen LogP contribution in [-0.4, -0.2) is 41.7 Å². The number of rotatable bonds is 4. The van der Waals surface area contributed by atoms with Crippen LogP contribution in [0.4, 0.5) is 4.39 Å². The van der Waals surface area contributed by atoms with Gasteiger partial charge in [0.15, 0.2) is 5.96 Å². The number of guanidine groups is 1. The predicted molar refractivity (Wildman–Crippen MR) is 118 cm³/mol. The summed E-state index contributed by atoms with van der Waals surface area (Å²) in [7, 11) is 0. The average Bonchev–Trinajstić information content (AvgIpc) is 3.41. The van der Waals surface area contributed by atoms with Crippen LogP contribution >= 0.6 is 11.6 Å². The molecule has 0 bridgehead atoms. The number of hydrazine groups is 1. The van der Waals surface area contributed by atoms with Gasteiger partial charge in [-0.05, 0) is 70.1 Å². The lowest BCUT2D eigenvalue weighted by Gasteiger charge is -2.29. The van der Waals surface area contributed by atoms with Gasteiger partial charge >= 0.3 is 0 Å². The first kappa shape index (κ1) is 22.3. The zero-order valence-corrected chi connectivity index (χ0v) is 18.6. The van der Waals surface area contributed by atoms with Gasteiger partial charge in [0.25, 0.3) is 0 Å². The molecule has 4 fully saturated rings. The van der Waals surface area contributed by atoms with Crippen molar-refractivity contribution in [3.8, 4) is 0 Å². The second kappa shape index (κ2) is 10.6. The van der Waals surface area contributed by atoms with Crippen molar-refractivity contribution in [1.82, 2.24) is 21.5 Å². The minimum atomic E-state index is -0.859. The number of nitrogens with zero attached hydrogens (tertiary/aromatic N) is 1. The molecule has 0 aromatic heterocycles. The van der Waals surface area contributed by atoms with Gasteiger partial charge in [0.2, 0.25) is 5.91 Å². The summed E-state index contributed by atoms with van der Waals surface area (Å²) < 4.78 is 13.8. The summed E-state index contributed by atoms with van der Waals surface area (Å²) in [5.41, 5.74) is 6.73. The Morgan fingerprint density at radius 1 is 0.933 bits per heavy atom. The highest BCUT2D eigenvalue weighted by molar-refractivity contribution is 6.20. The summed E-state index contributed by atoms with van der Waals surface area (Å²) in [5.74, 6) is 0.830. The summed E-state index contributed by atoms with van der Waals surface area (Å²) in [6.45, 7) is 0. The lowest BCUT2D eigenvalue weighted by Crippen LogP contribution is -2.48. The number of halogens is 2. The Bertz CT molecular complexity index is 606. The maximum atomic E-state index is 13.8. The molecule has 8 heteroatoms. The molecule has 4 unspecified atom stereocenters. The topological polar surface area (TPSA) is 77.5 Å². The molecule has 0 aromatic rings. The molecule has 1 saturated heterocycles. The number of nitrogens with one attached hydrogen (secondary N) is 4. The fraction of sp³-hybridized carbons (Fsp3) is 0.909. The van der Waals surface area contributed by atoms with Crippen molar-refractivity contribution in [1.29, 1.82) is 0 Å². The zero-order chi connectivity index (χ0) is 20.9. The molecule has 6 nitrogen and oxygen atoms in total. The van der Waals surface area contributed by atoms with Crippen molar-refractivity contribution >= 4 is 23.5 Å². The van der Waals surface area contributed by atoms with Crippen molar-refractivity contribution in [2.45, 2.75) is 113 Å². The van der Waals surface area contributed by atoms with E-state index in [-0.39, 0.29) is 18.0 Å². The van der Waals surface area contributed by atoms with Crippen molar-refractivity contribution in [2.24, 2.45) is 16.8 Å². The van der Waals surface area contributed by atoms with Gasteiger partial charge < -0.3 is 5.32 Å². The zero-order valence-electron chi connectivity index (χ0n) is 17.8. The van der Waals surface area contributed by atoms with Crippen LogP contribution in [0.5, 0.6) is 0 Å². The standard InChI is InChI=1S/C22H37ClFN5O/c23-16-10-8-14(9-11-16)19-13-20(29-28-19)26-22(25-18-6-1-2-7-18)27-21(30)15-4-3-5-17(24)12-15/h14-20,28-29H,1-13H2,(H2,25,26,27,30). The van der Waals surface area contributed by atoms with Crippen molar-refractivity contribution < 1.29 is 9.18 Å². The Morgan fingerprint density at radius 2 is 1.70 bits per heavy atom. The summed E-state index contributed by atoms with van der Waals surface area (Å²) in [5, 5.41) is 6.80. The molecule has 0 radical (unpaired) electrons. The Balaban J connectivity index is 1.36. The number of carbonyl (C=O) groups excluding carboxylic acids is 1. The molecule has 1 heterocycles. The van der Waals surface area contributed by atoms with Crippen LogP contribution in [0.25, 0.3) is 0 Å². The first-order chi connectivity index (χ1) is 14.6. The second-order valence-corrected chi connectivity index (χ2v) is 10.3. The van der Waals surface area contributed by atoms with Gasteiger partial charge in [0.1, 0.15) is 12.3 Å². The van der Waals surface area contributed by atoms with Gasteiger partial charge in [-0.2, -0.15) is 0 Å². The van der Waals surface area contributed by atoms with Gasteiger partial charge in [-0.1, -0.05) is 12.8 Å². The van der Waals surface area contributed by atoms with Crippen LogP contribution in [0.2, 0.25) is 0 Å². The molecule has 1 aliphatic heterocycles. The van der Waals surface area contributed by atoms with Crippen LogP contribution in [0.1, 0.15) is 83.5 Å². The van der Waals surface area contributed by atoms with Crippen molar-refractivity contribution in [3.05, 3.63) is 0 Å². The van der Waals surface area contributed by atoms with Gasteiger partial charge in [0.05, 0.1) is 0 Å². The van der Waals surface area contributed by atoms with Crippen molar-refractivity contribution in [2.75, 3.05) is 0 Å². The van der Waals surface area contributed by atoms with Crippen molar-refractivity contribution in [3.63, 3.8) is 0 Å². The molecular formula is C22H37ClFN5O.